The number of hydrogen-bond acceptors (Lipinski definition) is 1. The Morgan fingerprint density at radius 2 is 2.17 bits per heavy atom. The molecule has 0 radical (unpaired) electrons. The van der Waals surface area contributed by atoms with Gasteiger partial charge in [0.05, 0.1) is 0 Å². The topological polar surface area (TPSA) is 29.1 Å². The van der Waals surface area contributed by atoms with Gasteiger partial charge in [-0.1, -0.05) is 32.4 Å². The molecule has 0 saturated heterocycles. The van der Waals surface area contributed by atoms with Crippen LogP contribution in [0.4, 0.5) is 0 Å². The summed E-state index contributed by atoms with van der Waals surface area (Å²) in [6.07, 6.45) is 9.46. The Labute approximate surface area is 111 Å². The average Bonchev–Trinajstić information content (AvgIpc) is 2.62. The van der Waals surface area contributed by atoms with Gasteiger partial charge in [0.2, 0.25) is 6.41 Å². The molecule has 2 rings (SSSR count). The van der Waals surface area contributed by atoms with Crippen molar-refractivity contribution >= 4 is 6.41 Å². The minimum atomic E-state index is 0.00589. The predicted octanol–water partition coefficient (Wildman–Crippen LogP) is 3.67. The smallest absolute Gasteiger partial charge is 0.207 e. The Kier molecular flexibility index (Phi) is 3.57. The van der Waals surface area contributed by atoms with Crippen LogP contribution in [0.3, 0.4) is 0 Å². The molecular formula is C16H27NO. The quantitative estimate of drug-likeness (QED) is 0.600. The van der Waals surface area contributed by atoms with Crippen LogP contribution in [0, 0.1) is 17.3 Å². The third-order valence-electron chi connectivity index (χ3n) is 5.33. The SMILES string of the molecule is CC(C)C1=C[C@@]2(CCC(C)(NC=O)C2)[C@H](C)CC1. The lowest BCUT2D eigenvalue weighted by Crippen LogP contribution is -2.41. The number of amides is 1. The molecule has 18 heavy (non-hydrogen) atoms. The molecule has 0 aromatic carbocycles. The van der Waals surface area contributed by atoms with E-state index >= 15 is 0 Å². The first-order valence-electron chi connectivity index (χ1n) is 7.34. The van der Waals surface area contributed by atoms with Gasteiger partial charge in [-0.25, -0.2) is 0 Å². The fourth-order valence-corrected chi connectivity index (χ4v) is 3.93. The van der Waals surface area contributed by atoms with Crippen molar-refractivity contribution in [2.24, 2.45) is 17.3 Å². The first-order chi connectivity index (χ1) is 8.41. The van der Waals surface area contributed by atoms with E-state index in [1.807, 2.05) is 0 Å². The molecule has 0 bridgehead atoms. The number of carbonyl (C=O) groups excluding carboxylic acids is 1. The molecule has 0 aromatic heterocycles. The lowest BCUT2D eigenvalue weighted by molar-refractivity contribution is -0.111. The zero-order valence-corrected chi connectivity index (χ0v) is 12.3. The Hall–Kier alpha value is -0.790. The fourth-order valence-electron chi connectivity index (χ4n) is 3.93. The van der Waals surface area contributed by atoms with E-state index in [0.29, 0.717) is 11.3 Å². The van der Waals surface area contributed by atoms with Crippen LogP contribution in [0.15, 0.2) is 11.6 Å². The van der Waals surface area contributed by atoms with E-state index in [4.69, 9.17) is 0 Å². The highest BCUT2D eigenvalue weighted by Crippen LogP contribution is 2.54. The first-order valence-corrected chi connectivity index (χ1v) is 7.34. The number of rotatable bonds is 3. The van der Waals surface area contributed by atoms with E-state index in [0.717, 1.165) is 25.2 Å². The molecule has 1 amide bonds. The van der Waals surface area contributed by atoms with Gasteiger partial charge < -0.3 is 5.32 Å². The standard InChI is InChI=1S/C16H27NO/c1-12(2)14-6-5-13(3)16(9-14)8-7-15(4,10-16)17-11-18/h9,11-13H,5-8,10H2,1-4H3,(H,17,18)/t13-,15?,16-/m1/s1. The van der Waals surface area contributed by atoms with E-state index in [9.17, 15) is 4.79 Å². The lowest BCUT2D eigenvalue weighted by atomic mass is 9.66. The largest absolute Gasteiger partial charge is 0.353 e. The Bertz CT molecular complexity index is 360. The Morgan fingerprint density at radius 3 is 2.78 bits per heavy atom. The van der Waals surface area contributed by atoms with Crippen molar-refractivity contribution in [1.82, 2.24) is 5.32 Å². The van der Waals surface area contributed by atoms with Crippen LogP contribution in [-0.2, 0) is 4.79 Å². The summed E-state index contributed by atoms with van der Waals surface area (Å²) in [6.45, 7) is 9.18. The summed E-state index contributed by atoms with van der Waals surface area (Å²) in [4.78, 5) is 10.8. The van der Waals surface area contributed by atoms with Crippen molar-refractivity contribution < 1.29 is 4.79 Å². The minimum absolute atomic E-state index is 0.00589. The maximum Gasteiger partial charge on any atom is 0.207 e. The Balaban J connectivity index is 2.25. The molecule has 1 saturated carbocycles. The summed E-state index contributed by atoms with van der Waals surface area (Å²) in [5.74, 6) is 1.41. The third-order valence-corrected chi connectivity index (χ3v) is 5.33. The van der Waals surface area contributed by atoms with Crippen molar-refractivity contribution in [3.63, 3.8) is 0 Å². The van der Waals surface area contributed by atoms with Crippen LogP contribution in [0.2, 0.25) is 0 Å². The molecule has 102 valence electrons. The summed E-state index contributed by atoms with van der Waals surface area (Å²) in [5, 5.41) is 3.05. The second-order valence-electron chi connectivity index (χ2n) is 7.05. The molecule has 2 aliphatic carbocycles. The van der Waals surface area contributed by atoms with Crippen LogP contribution in [0.25, 0.3) is 0 Å². The van der Waals surface area contributed by atoms with Gasteiger partial charge in [0.15, 0.2) is 0 Å². The van der Waals surface area contributed by atoms with Crippen molar-refractivity contribution in [1.29, 1.82) is 0 Å². The van der Waals surface area contributed by atoms with Crippen LogP contribution in [0.1, 0.15) is 59.8 Å². The second-order valence-corrected chi connectivity index (χ2v) is 7.05. The Morgan fingerprint density at radius 1 is 1.44 bits per heavy atom. The molecule has 1 unspecified atom stereocenters. The molecule has 3 atom stereocenters. The zero-order chi connectivity index (χ0) is 13.4. The fraction of sp³-hybridized carbons (Fsp3) is 0.812. The van der Waals surface area contributed by atoms with Crippen LogP contribution in [0.5, 0.6) is 0 Å². The molecule has 1 fully saturated rings. The summed E-state index contributed by atoms with van der Waals surface area (Å²) >= 11 is 0. The molecule has 2 nitrogen and oxygen atoms in total. The maximum atomic E-state index is 10.8. The van der Waals surface area contributed by atoms with E-state index in [1.165, 1.54) is 19.3 Å². The highest BCUT2D eigenvalue weighted by Gasteiger charge is 2.48. The lowest BCUT2D eigenvalue weighted by Gasteiger charge is -2.40. The molecule has 1 spiro atoms. The zero-order valence-electron chi connectivity index (χ0n) is 12.3. The first kappa shape index (κ1) is 13.6. The predicted molar refractivity (Wildman–Crippen MR) is 75.2 cm³/mol. The van der Waals surface area contributed by atoms with Gasteiger partial charge in [-0.15, -0.1) is 0 Å². The molecule has 0 heterocycles. The number of hydrogen-bond donors (Lipinski definition) is 1. The molecule has 2 aliphatic rings. The summed E-state index contributed by atoms with van der Waals surface area (Å²) in [7, 11) is 0. The highest BCUT2D eigenvalue weighted by molar-refractivity contribution is 5.48. The molecule has 2 heteroatoms. The van der Waals surface area contributed by atoms with Crippen molar-refractivity contribution in [2.75, 3.05) is 0 Å². The van der Waals surface area contributed by atoms with Crippen LogP contribution < -0.4 is 5.32 Å². The van der Waals surface area contributed by atoms with Gasteiger partial charge in [-0.2, -0.15) is 0 Å². The number of nitrogens with one attached hydrogen (secondary N) is 1. The maximum absolute atomic E-state index is 10.8. The number of carbonyl (C=O) groups is 1. The normalized spacial score (nSPS) is 40.1. The van der Waals surface area contributed by atoms with E-state index < -0.39 is 0 Å². The second kappa shape index (κ2) is 4.71. The third kappa shape index (κ3) is 2.34. The van der Waals surface area contributed by atoms with Gasteiger partial charge in [0.25, 0.3) is 0 Å². The molecule has 0 aliphatic heterocycles. The van der Waals surface area contributed by atoms with E-state index in [-0.39, 0.29) is 5.54 Å². The van der Waals surface area contributed by atoms with E-state index in [2.05, 4.69) is 39.1 Å². The molecular weight excluding hydrogens is 222 g/mol. The number of allylic oxidation sites excluding steroid dienone is 2. The monoisotopic (exact) mass is 249 g/mol. The van der Waals surface area contributed by atoms with Gasteiger partial charge in [0.1, 0.15) is 0 Å². The van der Waals surface area contributed by atoms with Crippen LogP contribution in [-0.4, -0.2) is 11.9 Å². The average molecular weight is 249 g/mol. The van der Waals surface area contributed by atoms with Gasteiger partial charge in [0, 0.05) is 5.54 Å². The van der Waals surface area contributed by atoms with Gasteiger partial charge >= 0.3 is 0 Å². The molecule has 0 aromatic rings. The van der Waals surface area contributed by atoms with E-state index in [1.54, 1.807) is 5.57 Å². The highest BCUT2D eigenvalue weighted by atomic mass is 16.1. The van der Waals surface area contributed by atoms with Gasteiger partial charge in [-0.05, 0) is 56.3 Å². The minimum Gasteiger partial charge on any atom is -0.353 e. The van der Waals surface area contributed by atoms with Gasteiger partial charge in [-0.3, -0.25) is 4.79 Å². The van der Waals surface area contributed by atoms with Crippen molar-refractivity contribution in [3.8, 4) is 0 Å². The summed E-state index contributed by atoms with van der Waals surface area (Å²) in [6, 6.07) is 0. The van der Waals surface area contributed by atoms with Crippen molar-refractivity contribution in [3.05, 3.63) is 11.6 Å². The molecule has 1 N–H and O–H groups in total. The summed E-state index contributed by atoms with van der Waals surface area (Å²) < 4.78 is 0. The van der Waals surface area contributed by atoms with Crippen LogP contribution >= 0.6 is 0 Å². The van der Waals surface area contributed by atoms with Crippen molar-refractivity contribution in [2.45, 2.75) is 65.3 Å². The summed E-state index contributed by atoms with van der Waals surface area (Å²) in [5.41, 5.74) is 1.97.